The van der Waals surface area contributed by atoms with Crippen LogP contribution in [0.2, 0.25) is 0 Å². The van der Waals surface area contributed by atoms with Crippen LogP contribution in [0, 0.1) is 0 Å². The Morgan fingerprint density at radius 3 is 2.78 bits per heavy atom. The summed E-state index contributed by atoms with van der Waals surface area (Å²) in [5.41, 5.74) is 0.706. The molecule has 102 valence electrons. The fraction of sp³-hybridized carbons (Fsp3) is 0.692. The molecule has 1 heterocycles. The van der Waals surface area contributed by atoms with Crippen LogP contribution in [0.3, 0.4) is 0 Å². The highest BCUT2D eigenvalue weighted by molar-refractivity contribution is 9.10. The number of anilines is 1. The van der Waals surface area contributed by atoms with Gasteiger partial charge in [-0.2, -0.15) is 5.10 Å². The predicted octanol–water partition coefficient (Wildman–Crippen LogP) is 3.41. The summed E-state index contributed by atoms with van der Waals surface area (Å²) in [5.74, 6) is 0. The van der Waals surface area contributed by atoms with E-state index in [-0.39, 0.29) is 5.56 Å². The maximum absolute atomic E-state index is 11.9. The third-order valence-corrected chi connectivity index (χ3v) is 3.69. The largest absolute Gasteiger partial charge is 0.380 e. The molecule has 1 atom stereocenters. The van der Waals surface area contributed by atoms with E-state index in [9.17, 15) is 4.79 Å². The van der Waals surface area contributed by atoms with Gasteiger partial charge in [-0.25, -0.2) is 4.68 Å². The van der Waals surface area contributed by atoms with Crippen LogP contribution in [0.15, 0.2) is 15.5 Å². The smallest absolute Gasteiger partial charge is 0.283 e. The molecule has 0 amide bonds. The molecule has 1 N–H and O–H groups in total. The zero-order chi connectivity index (χ0) is 13.5. The van der Waals surface area contributed by atoms with Crippen molar-refractivity contribution < 1.29 is 0 Å². The molecule has 5 heteroatoms. The van der Waals surface area contributed by atoms with Gasteiger partial charge in [-0.05, 0) is 36.2 Å². The van der Waals surface area contributed by atoms with Crippen molar-refractivity contribution in [1.29, 1.82) is 0 Å². The highest BCUT2D eigenvalue weighted by Crippen LogP contribution is 2.18. The van der Waals surface area contributed by atoms with E-state index in [0.717, 1.165) is 12.1 Å². The van der Waals surface area contributed by atoms with E-state index in [1.54, 1.807) is 6.20 Å². The van der Waals surface area contributed by atoms with Crippen molar-refractivity contribution in [2.45, 2.75) is 59.0 Å². The van der Waals surface area contributed by atoms with Crippen LogP contribution in [0.25, 0.3) is 0 Å². The Hall–Kier alpha value is -0.840. The number of rotatable bonds is 7. The van der Waals surface area contributed by atoms with Gasteiger partial charge in [0.2, 0.25) is 0 Å². The lowest BCUT2D eigenvalue weighted by Crippen LogP contribution is -2.25. The number of hydrogen-bond acceptors (Lipinski definition) is 3. The first-order chi connectivity index (χ1) is 8.60. The third-order valence-electron chi connectivity index (χ3n) is 2.93. The van der Waals surface area contributed by atoms with Gasteiger partial charge in [0.05, 0.1) is 11.9 Å². The molecule has 0 spiro atoms. The van der Waals surface area contributed by atoms with E-state index < -0.39 is 0 Å². The van der Waals surface area contributed by atoms with Crippen LogP contribution in [-0.4, -0.2) is 15.8 Å². The monoisotopic (exact) mass is 315 g/mol. The molecular weight excluding hydrogens is 294 g/mol. The van der Waals surface area contributed by atoms with Gasteiger partial charge in [0.25, 0.3) is 5.56 Å². The van der Waals surface area contributed by atoms with Crippen LogP contribution < -0.4 is 10.9 Å². The second-order valence-electron chi connectivity index (χ2n) is 4.53. The number of nitrogens with zero attached hydrogens (tertiary/aromatic N) is 2. The fourth-order valence-electron chi connectivity index (χ4n) is 1.83. The lowest BCUT2D eigenvalue weighted by atomic mass is 10.1. The van der Waals surface area contributed by atoms with Crippen LogP contribution >= 0.6 is 15.9 Å². The van der Waals surface area contributed by atoms with Gasteiger partial charge in [-0.15, -0.1) is 0 Å². The van der Waals surface area contributed by atoms with E-state index >= 15 is 0 Å². The summed E-state index contributed by atoms with van der Waals surface area (Å²) in [4.78, 5) is 11.9. The molecule has 0 aromatic carbocycles. The maximum Gasteiger partial charge on any atom is 0.283 e. The van der Waals surface area contributed by atoms with E-state index in [0.29, 0.717) is 17.1 Å². The topological polar surface area (TPSA) is 46.9 Å². The Morgan fingerprint density at radius 1 is 1.44 bits per heavy atom. The zero-order valence-electron chi connectivity index (χ0n) is 11.4. The van der Waals surface area contributed by atoms with Gasteiger partial charge in [0.15, 0.2) is 0 Å². The van der Waals surface area contributed by atoms with E-state index in [4.69, 9.17) is 0 Å². The highest BCUT2D eigenvalue weighted by atomic mass is 79.9. The predicted molar refractivity (Wildman–Crippen MR) is 79.1 cm³/mol. The number of hydrogen-bond donors (Lipinski definition) is 1. The van der Waals surface area contributed by atoms with Crippen molar-refractivity contribution in [1.82, 2.24) is 9.78 Å². The first kappa shape index (κ1) is 15.2. The van der Waals surface area contributed by atoms with Gasteiger partial charge in [-0.3, -0.25) is 4.79 Å². The third kappa shape index (κ3) is 4.12. The maximum atomic E-state index is 11.9. The van der Waals surface area contributed by atoms with Gasteiger partial charge >= 0.3 is 0 Å². The van der Waals surface area contributed by atoms with E-state index in [1.807, 2.05) is 6.92 Å². The van der Waals surface area contributed by atoms with Crippen LogP contribution in [-0.2, 0) is 6.54 Å². The lowest BCUT2D eigenvalue weighted by molar-refractivity contribution is 0.602. The fourth-order valence-corrected chi connectivity index (χ4v) is 2.25. The Balaban J connectivity index is 2.68. The molecule has 18 heavy (non-hydrogen) atoms. The molecule has 0 aliphatic rings. The molecular formula is C13H22BrN3O. The molecule has 4 nitrogen and oxygen atoms in total. The van der Waals surface area contributed by atoms with Crippen molar-refractivity contribution in [3.63, 3.8) is 0 Å². The molecule has 0 aliphatic carbocycles. The zero-order valence-corrected chi connectivity index (χ0v) is 13.0. The molecule has 0 saturated heterocycles. The molecule has 1 rings (SSSR count). The van der Waals surface area contributed by atoms with Crippen molar-refractivity contribution in [3.8, 4) is 0 Å². The first-order valence-corrected chi connectivity index (χ1v) is 7.41. The molecule has 1 unspecified atom stereocenters. The average Bonchev–Trinajstić information content (AvgIpc) is 2.36. The molecule has 1 aromatic heterocycles. The molecule has 0 bridgehead atoms. The molecule has 0 fully saturated rings. The summed E-state index contributed by atoms with van der Waals surface area (Å²) in [6, 6.07) is 0.353. The summed E-state index contributed by atoms with van der Waals surface area (Å²) >= 11 is 3.35. The molecule has 1 aromatic rings. The SMILES string of the molecule is CCCCCC(C)Nc1cnn(CC)c(=O)c1Br. The Bertz CT molecular complexity index is 431. The summed E-state index contributed by atoms with van der Waals surface area (Å²) < 4.78 is 2.01. The number of unbranched alkanes of at least 4 members (excludes halogenated alkanes) is 2. The van der Waals surface area contributed by atoms with Gasteiger partial charge in [0, 0.05) is 12.6 Å². The molecule has 0 aliphatic heterocycles. The van der Waals surface area contributed by atoms with Crippen molar-refractivity contribution in [3.05, 3.63) is 21.0 Å². The Labute approximate surface area is 117 Å². The normalized spacial score (nSPS) is 12.4. The van der Waals surface area contributed by atoms with Gasteiger partial charge in [-0.1, -0.05) is 26.2 Å². The van der Waals surface area contributed by atoms with E-state index in [2.05, 4.69) is 40.2 Å². The van der Waals surface area contributed by atoms with Gasteiger partial charge < -0.3 is 5.32 Å². The first-order valence-electron chi connectivity index (χ1n) is 6.62. The van der Waals surface area contributed by atoms with E-state index in [1.165, 1.54) is 23.9 Å². The highest BCUT2D eigenvalue weighted by Gasteiger charge is 2.10. The summed E-state index contributed by atoms with van der Waals surface area (Å²) in [6.45, 7) is 6.82. The van der Waals surface area contributed by atoms with Crippen molar-refractivity contribution >= 4 is 21.6 Å². The molecule has 0 radical (unpaired) electrons. The number of nitrogens with one attached hydrogen (secondary N) is 1. The standard InChI is InChI=1S/C13H22BrN3O/c1-4-6-7-8-10(3)16-11-9-15-17(5-2)13(18)12(11)14/h9-10,16H,4-8H2,1-3H3. The van der Waals surface area contributed by atoms with Crippen molar-refractivity contribution in [2.24, 2.45) is 0 Å². The minimum absolute atomic E-state index is 0.0803. The minimum atomic E-state index is -0.0803. The average molecular weight is 316 g/mol. The van der Waals surface area contributed by atoms with Crippen LogP contribution in [0.1, 0.15) is 46.5 Å². The van der Waals surface area contributed by atoms with Crippen molar-refractivity contribution in [2.75, 3.05) is 5.32 Å². The molecule has 0 saturated carbocycles. The minimum Gasteiger partial charge on any atom is -0.380 e. The second kappa shape index (κ2) is 7.56. The Kier molecular flexibility index (Phi) is 6.39. The Morgan fingerprint density at radius 2 is 2.17 bits per heavy atom. The summed E-state index contributed by atoms with van der Waals surface area (Å²) in [5, 5.41) is 7.46. The summed E-state index contributed by atoms with van der Waals surface area (Å²) in [7, 11) is 0. The number of halogens is 1. The summed E-state index contributed by atoms with van der Waals surface area (Å²) in [6.07, 6.45) is 6.51. The second-order valence-corrected chi connectivity index (χ2v) is 5.33. The lowest BCUT2D eigenvalue weighted by Gasteiger charge is -2.16. The van der Waals surface area contributed by atoms with Gasteiger partial charge in [0.1, 0.15) is 4.47 Å². The quantitative estimate of drug-likeness (QED) is 0.784. The number of aromatic nitrogens is 2. The van der Waals surface area contributed by atoms with Crippen LogP contribution in [0.4, 0.5) is 5.69 Å². The number of aryl methyl sites for hydroxylation is 1. The van der Waals surface area contributed by atoms with Crippen LogP contribution in [0.5, 0.6) is 0 Å².